The van der Waals surface area contributed by atoms with Crippen LogP contribution in [0.5, 0.6) is 5.75 Å². The molecule has 0 aliphatic carbocycles. The van der Waals surface area contributed by atoms with Crippen LogP contribution in [0, 0.1) is 17.0 Å². The van der Waals surface area contributed by atoms with Crippen LogP contribution in [-0.2, 0) is 14.4 Å². The van der Waals surface area contributed by atoms with Gasteiger partial charge in [0.25, 0.3) is 11.6 Å². The molecule has 0 fully saturated rings. The maximum absolute atomic E-state index is 13.1. The van der Waals surface area contributed by atoms with Gasteiger partial charge in [0.1, 0.15) is 17.8 Å². The molecular weight excluding hydrogens is 524 g/mol. The quantitative estimate of drug-likeness (QED) is 0.100. The van der Waals surface area contributed by atoms with E-state index in [9.17, 15) is 34.4 Å². The van der Waals surface area contributed by atoms with Gasteiger partial charge in [-0.15, -0.1) is 0 Å². The molecule has 0 radical (unpaired) electrons. The van der Waals surface area contributed by atoms with E-state index in [2.05, 4.69) is 16.0 Å². The minimum atomic E-state index is -1.44. The van der Waals surface area contributed by atoms with Crippen molar-refractivity contribution in [3.8, 4) is 5.75 Å². The summed E-state index contributed by atoms with van der Waals surface area (Å²) in [5.41, 5.74) is 10.4. The van der Waals surface area contributed by atoms with Crippen LogP contribution in [0.4, 0.5) is 5.69 Å². The molecule has 4 amide bonds. The number of ether oxygens (including phenoxy) is 1. The maximum Gasteiger partial charge on any atom is 0.270 e. The number of aliphatic hydroxyl groups excluding tert-OH is 1. The van der Waals surface area contributed by atoms with Crippen LogP contribution in [0.1, 0.15) is 76.7 Å². The van der Waals surface area contributed by atoms with Gasteiger partial charge in [-0.1, -0.05) is 27.7 Å². The number of benzene rings is 1. The molecule has 1 rings (SSSR count). The van der Waals surface area contributed by atoms with E-state index in [1.807, 2.05) is 27.7 Å². The van der Waals surface area contributed by atoms with E-state index in [0.717, 1.165) is 6.07 Å². The number of nitrogens with zero attached hydrogens (tertiary/aromatic N) is 1. The number of non-ortho nitro benzene ring substituents is 1. The molecule has 8 N–H and O–H groups in total. The second-order valence-electron chi connectivity index (χ2n) is 8.05. The molecule has 14 heteroatoms. The second kappa shape index (κ2) is 21.1. The van der Waals surface area contributed by atoms with Crippen molar-refractivity contribution >= 4 is 29.3 Å². The average Bonchev–Trinajstić information content (AvgIpc) is 2.92. The third-order valence-corrected chi connectivity index (χ3v) is 5.07. The molecule has 14 nitrogen and oxygen atoms in total. The van der Waals surface area contributed by atoms with Crippen LogP contribution in [0.25, 0.3) is 0 Å². The first-order chi connectivity index (χ1) is 18.9. The van der Waals surface area contributed by atoms with Crippen molar-refractivity contribution in [1.29, 1.82) is 0 Å². The number of aliphatic hydroxyl groups is 1. The van der Waals surface area contributed by atoms with Gasteiger partial charge in [0.15, 0.2) is 0 Å². The van der Waals surface area contributed by atoms with Crippen LogP contribution in [0.3, 0.4) is 0 Å². The van der Waals surface area contributed by atoms with Crippen LogP contribution in [0.15, 0.2) is 12.1 Å². The number of nitrogens with one attached hydrogen (secondary N) is 3. The van der Waals surface area contributed by atoms with Crippen molar-refractivity contribution in [2.45, 2.75) is 85.9 Å². The van der Waals surface area contributed by atoms with E-state index in [1.54, 1.807) is 13.8 Å². The number of primary amides is 1. The van der Waals surface area contributed by atoms with Gasteiger partial charge in [0, 0.05) is 12.1 Å². The van der Waals surface area contributed by atoms with Gasteiger partial charge >= 0.3 is 0 Å². The number of nitro groups is 1. The number of amides is 4. The van der Waals surface area contributed by atoms with E-state index in [1.165, 1.54) is 13.0 Å². The van der Waals surface area contributed by atoms with Crippen molar-refractivity contribution < 1.29 is 33.9 Å². The van der Waals surface area contributed by atoms with Crippen LogP contribution < -0.4 is 32.2 Å². The number of hydrogen-bond acceptors (Lipinski definition) is 9. The zero-order valence-corrected chi connectivity index (χ0v) is 24.5. The number of carbonyl (C=O) groups is 4. The van der Waals surface area contributed by atoms with Gasteiger partial charge in [0.2, 0.25) is 17.7 Å². The molecule has 0 heterocycles. The Labute approximate surface area is 235 Å². The van der Waals surface area contributed by atoms with Gasteiger partial charge in [-0.05, 0) is 52.1 Å². The molecule has 3 atom stereocenters. The third-order valence-electron chi connectivity index (χ3n) is 5.07. The largest absolute Gasteiger partial charge is 0.493 e. The summed E-state index contributed by atoms with van der Waals surface area (Å²) in [6.07, 6.45) is -0.235. The average molecular weight is 571 g/mol. The number of hydrogen-bond donors (Lipinski definition) is 6. The molecule has 40 heavy (non-hydrogen) atoms. The lowest BCUT2D eigenvalue weighted by Crippen LogP contribution is -2.57. The first-order valence-corrected chi connectivity index (χ1v) is 13.4. The molecule has 1 aromatic carbocycles. The summed E-state index contributed by atoms with van der Waals surface area (Å²) in [6, 6.07) is -0.295. The lowest BCUT2D eigenvalue weighted by molar-refractivity contribution is -0.384. The predicted molar refractivity (Wildman–Crippen MR) is 152 cm³/mol. The number of rotatable bonds is 15. The Hall–Kier alpha value is -3.78. The third kappa shape index (κ3) is 13.3. The second-order valence-corrected chi connectivity index (χ2v) is 8.05. The van der Waals surface area contributed by atoms with Crippen LogP contribution in [0.2, 0.25) is 0 Å². The summed E-state index contributed by atoms with van der Waals surface area (Å²) < 4.78 is 5.51. The monoisotopic (exact) mass is 570 g/mol. The molecule has 228 valence electrons. The highest BCUT2D eigenvalue weighted by molar-refractivity contribution is 6.01. The standard InChI is InChI=1S/C22H34N6O8.2C2H6/c1-4-36-19-12(2)9-14(28(34)35)10-15(19)20(31)26-16(7-5-6-8-23)21(32)27-18(13(3)29)22(33)25-11-17(24)30;2*1-2/h9-10,13,16,18,29H,4-8,11,23H2,1-3H3,(H2,24,30)(H,25,33)(H,26,31)(H,27,32);2*1-2H3. The summed E-state index contributed by atoms with van der Waals surface area (Å²) in [5, 5.41) is 28.4. The fourth-order valence-corrected chi connectivity index (χ4v) is 3.31. The van der Waals surface area contributed by atoms with Crippen molar-refractivity contribution in [1.82, 2.24) is 16.0 Å². The topological polar surface area (TPSA) is 229 Å². The normalized spacial score (nSPS) is 12.1. The number of nitrogens with two attached hydrogens (primary N) is 2. The Morgan fingerprint density at radius 2 is 1.68 bits per heavy atom. The Morgan fingerprint density at radius 1 is 1.07 bits per heavy atom. The number of carbonyl (C=O) groups excluding carboxylic acids is 4. The summed E-state index contributed by atoms with van der Waals surface area (Å²) in [6.45, 7) is 12.5. The molecule has 0 aliphatic heterocycles. The highest BCUT2D eigenvalue weighted by Gasteiger charge is 2.31. The van der Waals surface area contributed by atoms with E-state index in [-0.39, 0.29) is 30.0 Å². The van der Waals surface area contributed by atoms with Crippen molar-refractivity contribution in [3.63, 3.8) is 0 Å². The van der Waals surface area contributed by atoms with Crippen molar-refractivity contribution in [2.75, 3.05) is 19.7 Å². The zero-order chi connectivity index (χ0) is 31.4. The Bertz CT molecular complexity index is 971. The summed E-state index contributed by atoms with van der Waals surface area (Å²) in [7, 11) is 0. The molecule has 0 aliphatic rings. The van der Waals surface area contributed by atoms with Crippen LogP contribution in [-0.4, -0.2) is 71.5 Å². The van der Waals surface area contributed by atoms with E-state index in [4.69, 9.17) is 16.2 Å². The van der Waals surface area contributed by atoms with E-state index < -0.39 is 53.3 Å². The highest BCUT2D eigenvalue weighted by Crippen LogP contribution is 2.29. The fourth-order valence-electron chi connectivity index (χ4n) is 3.31. The lowest BCUT2D eigenvalue weighted by Gasteiger charge is -2.25. The first kappa shape index (κ1) is 38.4. The molecule has 0 saturated carbocycles. The summed E-state index contributed by atoms with van der Waals surface area (Å²) >= 11 is 0. The number of unbranched alkanes of at least 4 members (excludes halogenated alkanes) is 1. The zero-order valence-electron chi connectivity index (χ0n) is 24.5. The SMILES string of the molecule is CC.CC.CCOc1c(C)cc([N+](=O)[O-])cc1C(=O)NC(CCCCN)C(=O)NC(C(=O)NCC(N)=O)C(C)O. The maximum atomic E-state index is 13.1. The van der Waals surface area contributed by atoms with Crippen molar-refractivity contribution in [3.05, 3.63) is 33.4 Å². The van der Waals surface area contributed by atoms with Gasteiger partial charge in [-0.3, -0.25) is 29.3 Å². The molecule has 0 bridgehead atoms. The molecule has 0 saturated heterocycles. The van der Waals surface area contributed by atoms with Gasteiger partial charge in [0.05, 0.1) is 29.7 Å². The molecule has 0 spiro atoms. The van der Waals surface area contributed by atoms with Gasteiger partial charge in [-0.25, -0.2) is 0 Å². The molecular formula is C26H46N6O8. The highest BCUT2D eigenvalue weighted by atomic mass is 16.6. The minimum Gasteiger partial charge on any atom is -0.493 e. The smallest absolute Gasteiger partial charge is 0.270 e. The van der Waals surface area contributed by atoms with E-state index in [0.29, 0.717) is 24.9 Å². The number of nitro benzene ring substituents is 1. The van der Waals surface area contributed by atoms with E-state index >= 15 is 0 Å². The minimum absolute atomic E-state index is 0.127. The first-order valence-electron chi connectivity index (χ1n) is 13.4. The summed E-state index contributed by atoms with van der Waals surface area (Å²) in [5.74, 6) is -3.12. The summed E-state index contributed by atoms with van der Waals surface area (Å²) in [4.78, 5) is 60.1. The van der Waals surface area contributed by atoms with Crippen LogP contribution >= 0.6 is 0 Å². The van der Waals surface area contributed by atoms with Gasteiger partial charge in [-0.2, -0.15) is 0 Å². The molecule has 3 unspecified atom stereocenters. The fraction of sp³-hybridized carbons (Fsp3) is 0.615. The lowest BCUT2D eigenvalue weighted by atomic mass is 10.0. The number of aryl methyl sites for hydroxylation is 1. The predicted octanol–water partition coefficient (Wildman–Crippen LogP) is 1.05. The van der Waals surface area contributed by atoms with Gasteiger partial charge < -0.3 is 37.3 Å². The molecule has 0 aromatic heterocycles. The van der Waals surface area contributed by atoms with Crippen molar-refractivity contribution in [2.24, 2.45) is 11.5 Å². The Kier molecular flexibility index (Phi) is 20.2. The Morgan fingerprint density at radius 3 is 2.15 bits per heavy atom. The molecule has 1 aromatic rings. The Balaban J connectivity index is 0.